The molecule has 1 saturated heterocycles. The van der Waals surface area contributed by atoms with Gasteiger partial charge < -0.3 is 14.0 Å². The zero-order valence-corrected chi connectivity index (χ0v) is 16.2. The number of nitrogens with zero attached hydrogens (tertiary/aromatic N) is 2. The fourth-order valence-corrected chi connectivity index (χ4v) is 4.99. The van der Waals surface area contributed by atoms with E-state index in [2.05, 4.69) is 5.16 Å². The Kier molecular flexibility index (Phi) is 5.24. The first-order valence-electron chi connectivity index (χ1n) is 8.59. The minimum atomic E-state index is -3.78. The van der Waals surface area contributed by atoms with E-state index >= 15 is 0 Å². The Morgan fingerprint density at radius 3 is 2.62 bits per heavy atom. The molecule has 0 radical (unpaired) electrons. The quantitative estimate of drug-likeness (QED) is 0.764. The van der Waals surface area contributed by atoms with Gasteiger partial charge in [0.1, 0.15) is 16.4 Å². The summed E-state index contributed by atoms with van der Waals surface area (Å²) in [6.07, 6.45) is 1.45. The Labute approximate surface area is 153 Å². The highest BCUT2D eigenvalue weighted by Gasteiger charge is 2.40. The highest BCUT2D eigenvalue weighted by atomic mass is 32.2. The van der Waals surface area contributed by atoms with Crippen LogP contribution in [0, 0.1) is 0 Å². The van der Waals surface area contributed by atoms with Crippen LogP contribution in [0.2, 0.25) is 0 Å². The van der Waals surface area contributed by atoms with Crippen LogP contribution in [0.15, 0.2) is 33.7 Å². The van der Waals surface area contributed by atoms with Crippen molar-refractivity contribution in [2.24, 2.45) is 0 Å². The van der Waals surface area contributed by atoms with Crippen molar-refractivity contribution in [2.75, 3.05) is 20.8 Å². The van der Waals surface area contributed by atoms with Gasteiger partial charge in [-0.1, -0.05) is 19.0 Å². The van der Waals surface area contributed by atoms with Crippen molar-refractivity contribution in [1.29, 1.82) is 0 Å². The molecule has 2 heterocycles. The second-order valence-electron chi connectivity index (χ2n) is 6.60. The van der Waals surface area contributed by atoms with Gasteiger partial charge in [0, 0.05) is 18.7 Å². The zero-order valence-electron chi connectivity index (χ0n) is 15.4. The fraction of sp³-hybridized carbons (Fsp3) is 0.500. The average Bonchev–Trinajstić information content (AvgIpc) is 3.30. The van der Waals surface area contributed by atoms with Gasteiger partial charge >= 0.3 is 0 Å². The molecule has 1 atom stereocenters. The molecule has 0 amide bonds. The van der Waals surface area contributed by atoms with Gasteiger partial charge in [0.15, 0.2) is 5.76 Å². The molecule has 0 N–H and O–H groups in total. The van der Waals surface area contributed by atoms with Crippen molar-refractivity contribution in [3.8, 4) is 11.5 Å². The highest BCUT2D eigenvalue weighted by molar-refractivity contribution is 7.89. The van der Waals surface area contributed by atoms with Gasteiger partial charge in [0.05, 0.1) is 26.0 Å². The summed E-state index contributed by atoms with van der Waals surface area (Å²) in [5.74, 6) is 1.55. The Morgan fingerprint density at radius 1 is 1.23 bits per heavy atom. The standard InChI is InChI=1S/C18H24N2O5S/c1-12(2)14-11-17(25-19-14)15-6-5-9-20(15)26(21,22)18-10-13(23-3)7-8-16(18)24-4/h7-8,10-12,15H,5-6,9H2,1-4H3/t15-/m0/s1. The third-order valence-electron chi connectivity index (χ3n) is 4.63. The smallest absolute Gasteiger partial charge is 0.247 e. The lowest BCUT2D eigenvalue weighted by Crippen LogP contribution is -2.30. The van der Waals surface area contributed by atoms with Gasteiger partial charge in [-0.25, -0.2) is 8.42 Å². The maximum atomic E-state index is 13.3. The minimum Gasteiger partial charge on any atom is -0.497 e. The molecule has 8 heteroatoms. The lowest BCUT2D eigenvalue weighted by Gasteiger charge is -2.23. The first-order chi connectivity index (χ1) is 12.4. The molecule has 0 spiro atoms. The lowest BCUT2D eigenvalue weighted by molar-refractivity contribution is 0.294. The molecule has 1 fully saturated rings. The van der Waals surface area contributed by atoms with Crippen LogP contribution in [0.3, 0.4) is 0 Å². The maximum Gasteiger partial charge on any atom is 0.247 e. The molecular weight excluding hydrogens is 356 g/mol. The average molecular weight is 380 g/mol. The lowest BCUT2D eigenvalue weighted by atomic mass is 10.1. The van der Waals surface area contributed by atoms with Crippen molar-refractivity contribution in [3.63, 3.8) is 0 Å². The second-order valence-corrected chi connectivity index (χ2v) is 8.46. The van der Waals surface area contributed by atoms with Crippen LogP contribution in [0.4, 0.5) is 0 Å². The molecule has 26 heavy (non-hydrogen) atoms. The summed E-state index contributed by atoms with van der Waals surface area (Å²) in [7, 11) is -0.831. The van der Waals surface area contributed by atoms with Crippen LogP contribution in [0.5, 0.6) is 11.5 Å². The van der Waals surface area contributed by atoms with Gasteiger partial charge in [-0.15, -0.1) is 0 Å². The molecule has 0 unspecified atom stereocenters. The Morgan fingerprint density at radius 2 is 2.00 bits per heavy atom. The molecule has 1 aromatic heterocycles. The maximum absolute atomic E-state index is 13.3. The Hall–Kier alpha value is -2.06. The molecule has 142 valence electrons. The number of hydrogen-bond acceptors (Lipinski definition) is 6. The molecule has 3 rings (SSSR count). The van der Waals surface area contributed by atoms with Crippen molar-refractivity contribution in [1.82, 2.24) is 9.46 Å². The predicted octanol–water partition coefficient (Wildman–Crippen LogP) is 3.34. The predicted molar refractivity (Wildman–Crippen MR) is 96.0 cm³/mol. The molecule has 1 aliphatic heterocycles. The monoisotopic (exact) mass is 380 g/mol. The van der Waals surface area contributed by atoms with Crippen molar-refractivity contribution >= 4 is 10.0 Å². The summed E-state index contributed by atoms with van der Waals surface area (Å²) in [6, 6.07) is 6.25. The van der Waals surface area contributed by atoms with Crippen molar-refractivity contribution < 1.29 is 22.4 Å². The van der Waals surface area contributed by atoms with Crippen LogP contribution >= 0.6 is 0 Å². The van der Waals surface area contributed by atoms with E-state index in [0.29, 0.717) is 24.5 Å². The molecule has 1 aliphatic rings. The number of methoxy groups -OCH3 is 2. The first kappa shape index (κ1) is 18.7. The number of benzene rings is 1. The minimum absolute atomic E-state index is 0.0925. The Bertz CT molecular complexity index is 875. The first-order valence-corrected chi connectivity index (χ1v) is 10.0. The number of aromatic nitrogens is 1. The summed E-state index contributed by atoms with van der Waals surface area (Å²) >= 11 is 0. The van der Waals surface area contributed by atoms with E-state index in [1.54, 1.807) is 12.1 Å². The molecule has 1 aromatic carbocycles. The van der Waals surface area contributed by atoms with E-state index < -0.39 is 10.0 Å². The summed E-state index contributed by atoms with van der Waals surface area (Å²) in [4.78, 5) is 0.0925. The van der Waals surface area contributed by atoms with Gasteiger partial charge in [-0.05, 0) is 30.9 Å². The van der Waals surface area contributed by atoms with E-state index in [-0.39, 0.29) is 22.6 Å². The summed E-state index contributed by atoms with van der Waals surface area (Å²) in [5, 5.41) is 4.07. The zero-order chi connectivity index (χ0) is 18.9. The SMILES string of the molecule is COc1ccc(OC)c(S(=O)(=O)N2CCC[C@H]2c2cc(C(C)C)no2)c1. The van der Waals surface area contributed by atoms with Crippen LogP contribution in [-0.2, 0) is 10.0 Å². The van der Waals surface area contributed by atoms with Gasteiger partial charge in [0.25, 0.3) is 0 Å². The van der Waals surface area contributed by atoms with Gasteiger partial charge in [-0.3, -0.25) is 0 Å². The number of sulfonamides is 1. The topological polar surface area (TPSA) is 81.9 Å². The van der Waals surface area contributed by atoms with E-state index in [0.717, 1.165) is 12.1 Å². The molecule has 0 saturated carbocycles. The molecule has 2 aromatic rings. The van der Waals surface area contributed by atoms with Crippen LogP contribution in [-0.4, -0.2) is 38.6 Å². The van der Waals surface area contributed by atoms with E-state index in [1.807, 2.05) is 19.9 Å². The van der Waals surface area contributed by atoms with Crippen LogP contribution in [0.1, 0.15) is 50.1 Å². The molecule has 7 nitrogen and oxygen atoms in total. The van der Waals surface area contributed by atoms with Gasteiger partial charge in [-0.2, -0.15) is 4.31 Å². The number of hydrogen-bond donors (Lipinski definition) is 0. The van der Waals surface area contributed by atoms with Gasteiger partial charge in [0.2, 0.25) is 10.0 Å². The molecular formula is C18H24N2O5S. The van der Waals surface area contributed by atoms with E-state index in [9.17, 15) is 8.42 Å². The van der Waals surface area contributed by atoms with Crippen LogP contribution in [0.25, 0.3) is 0 Å². The van der Waals surface area contributed by atoms with Crippen LogP contribution < -0.4 is 9.47 Å². The third kappa shape index (κ3) is 3.31. The summed E-state index contributed by atoms with van der Waals surface area (Å²) < 4.78 is 44.1. The van der Waals surface area contributed by atoms with E-state index in [1.165, 1.54) is 24.6 Å². The number of rotatable bonds is 6. The van der Waals surface area contributed by atoms with Crippen molar-refractivity contribution in [3.05, 3.63) is 35.7 Å². The van der Waals surface area contributed by atoms with E-state index in [4.69, 9.17) is 14.0 Å². The highest BCUT2D eigenvalue weighted by Crippen LogP contribution is 2.40. The van der Waals surface area contributed by atoms with Crippen molar-refractivity contribution in [2.45, 2.75) is 43.5 Å². The normalized spacial score (nSPS) is 18.4. The Balaban J connectivity index is 2.00. The second kappa shape index (κ2) is 7.28. The summed E-state index contributed by atoms with van der Waals surface area (Å²) in [6.45, 7) is 4.46. The summed E-state index contributed by atoms with van der Waals surface area (Å²) in [5.41, 5.74) is 0.822. The third-order valence-corrected chi connectivity index (χ3v) is 6.56. The molecule has 0 bridgehead atoms. The largest absolute Gasteiger partial charge is 0.497 e. The fourth-order valence-electron chi connectivity index (χ4n) is 3.16. The number of ether oxygens (including phenoxy) is 2. The molecule has 0 aliphatic carbocycles.